The summed E-state index contributed by atoms with van der Waals surface area (Å²) >= 11 is 5.29. The Labute approximate surface area is 125 Å². The summed E-state index contributed by atoms with van der Waals surface area (Å²) in [5.41, 5.74) is 5.93. The minimum atomic E-state index is -0.0219. The molecule has 1 fully saturated rings. The van der Waals surface area contributed by atoms with Crippen LogP contribution < -0.4 is 11.3 Å². The van der Waals surface area contributed by atoms with E-state index in [2.05, 4.69) is 25.8 Å². The zero-order valence-corrected chi connectivity index (χ0v) is 13.0. The Kier molecular flexibility index (Phi) is 5.33. The van der Waals surface area contributed by atoms with Gasteiger partial charge in [-0.2, -0.15) is 11.8 Å². The van der Waals surface area contributed by atoms with E-state index in [1.807, 2.05) is 11.8 Å². The second-order valence-electron chi connectivity index (χ2n) is 4.22. The van der Waals surface area contributed by atoms with E-state index in [1.165, 1.54) is 0 Å². The highest BCUT2D eigenvalue weighted by molar-refractivity contribution is 9.10. The Morgan fingerprint density at radius 2 is 2.16 bits per heavy atom. The molecule has 0 aromatic carbocycles. The second kappa shape index (κ2) is 7.00. The number of nitrogens with zero attached hydrogens (tertiary/aromatic N) is 3. The molecular weight excluding hydrogens is 328 g/mol. The van der Waals surface area contributed by atoms with Gasteiger partial charge in [-0.3, -0.25) is 9.79 Å². The van der Waals surface area contributed by atoms with Crippen LogP contribution in [0.2, 0.25) is 0 Å². The number of hydrogen-bond acceptors (Lipinski definition) is 3. The number of aliphatic imine (C=N–C) groups is 1. The summed E-state index contributed by atoms with van der Waals surface area (Å²) in [6.45, 7) is 2.97. The average Bonchev–Trinajstić information content (AvgIpc) is 2.43. The maximum absolute atomic E-state index is 11.6. The molecule has 0 aliphatic carbocycles. The van der Waals surface area contributed by atoms with Crippen molar-refractivity contribution in [3.8, 4) is 0 Å². The van der Waals surface area contributed by atoms with Crippen molar-refractivity contribution >= 4 is 33.7 Å². The predicted octanol–water partition coefficient (Wildman–Crippen LogP) is 0.974. The lowest BCUT2D eigenvalue weighted by Crippen LogP contribution is -2.42. The highest BCUT2D eigenvalue weighted by atomic mass is 79.9. The molecule has 2 heterocycles. The molecule has 1 aliphatic heterocycles. The van der Waals surface area contributed by atoms with Gasteiger partial charge < -0.3 is 15.2 Å². The van der Waals surface area contributed by atoms with Gasteiger partial charge in [0.25, 0.3) is 5.56 Å². The van der Waals surface area contributed by atoms with Crippen molar-refractivity contribution in [3.05, 3.63) is 33.2 Å². The second-order valence-corrected chi connectivity index (χ2v) is 6.36. The van der Waals surface area contributed by atoms with Crippen LogP contribution in [0.1, 0.15) is 0 Å². The summed E-state index contributed by atoms with van der Waals surface area (Å²) < 4.78 is 2.52. The first kappa shape index (κ1) is 14.5. The van der Waals surface area contributed by atoms with Crippen LogP contribution in [0.3, 0.4) is 0 Å². The topological polar surface area (TPSA) is 63.6 Å². The van der Waals surface area contributed by atoms with Gasteiger partial charge in [0.15, 0.2) is 5.96 Å². The molecule has 1 saturated heterocycles. The van der Waals surface area contributed by atoms with Crippen molar-refractivity contribution in [3.63, 3.8) is 0 Å². The van der Waals surface area contributed by atoms with E-state index in [-0.39, 0.29) is 5.56 Å². The minimum Gasteiger partial charge on any atom is -0.370 e. The maximum atomic E-state index is 11.6. The summed E-state index contributed by atoms with van der Waals surface area (Å²) in [4.78, 5) is 18.0. The van der Waals surface area contributed by atoms with Gasteiger partial charge in [0, 0.05) is 47.9 Å². The van der Waals surface area contributed by atoms with Crippen molar-refractivity contribution in [2.45, 2.75) is 6.54 Å². The number of pyridine rings is 1. The molecule has 1 aromatic heterocycles. The van der Waals surface area contributed by atoms with Gasteiger partial charge in [-0.25, -0.2) is 0 Å². The van der Waals surface area contributed by atoms with Crippen molar-refractivity contribution in [2.24, 2.45) is 10.7 Å². The molecule has 0 unspecified atom stereocenters. The van der Waals surface area contributed by atoms with Crippen LogP contribution >= 0.6 is 27.7 Å². The van der Waals surface area contributed by atoms with Gasteiger partial charge in [-0.15, -0.1) is 0 Å². The Hall–Kier alpha value is -0.950. The summed E-state index contributed by atoms with van der Waals surface area (Å²) in [5.74, 6) is 2.78. The van der Waals surface area contributed by atoms with Gasteiger partial charge >= 0.3 is 0 Å². The monoisotopic (exact) mass is 344 g/mol. The first-order chi connectivity index (χ1) is 9.16. The third kappa shape index (κ3) is 4.28. The largest absolute Gasteiger partial charge is 0.370 e. The van der Waals surface area contributed by atoms with E-state index < -0.39 is 0 Å². The van der Waals surface area contributed by atoms with Crippen LogP contribution in [0.5, 0.6) is 0 Å². The maximum Gasteiger partial charge on any atom is 0.250 e. The molecule has 5 nitrogen and oxygen atoms in total. The molecule has 0 radical (unpaired) electrons. The van der Waals surface area contributed by atoms with Crippen molar-refractivity contribution in [1.82, 2.24) is 9.47 Å². The number of thioether (sulfide) groups is 1. The molecule has 2 N–H and O–H groups in total. The van der Waals surface area contributed by atoms with Crippen LogP contribution in [-0.4, -0.2) is 46.6 Å². The molecule has 0 amide bonds. The highest BCUT2D eigenvalue weighted by Gasteiger charge is 2.11. The SMILES string of the molecule is NC(=NCCn1cc(Br)ccc1=O)N1CCSCC1. The highest BCUT2D eigenvalue weighted by Crippen LogP contribution is 2.08. The minimum absolute atomic E-state index is 0.0219. The molecule has 0 saturated carbocycles. The van der Waals surface area contributed by atoms with Crippen molar-refractivity contribution in [1.29, 1.82) is 0 Å². The van der Waals surface area contributed by atoms with Crippen LogP contribution in [0.4, 0.5) is 0 Å². The third-order valence-electron chi connectivity index (χ3n) is 2.90. The van der Waals surface area contributed by atoms with Gasteiger partial charge in [0.2, 0.25) is 0 Å². The smallest absolute Gasteiger partial charge is 0.250 e. The molecule has 104 valence electrons. The standard InChI is InChI=1S/C12H17BrN4OS/c13-10-1-2-11(18)17(9-10)4-3-15-12(14)16-5-7-19-8-6-16/h1-2,9H,3-8H2,(H2,14,15). The van der Waals surface area contributed by atoms with Gasteiger partial charge in [-0.1, -0.05) is 0 Å². The van der Waals surface area contributed by atoms with E-state index in [0.29, 0.717) is 19.0 Å². The molecular formula is C12H17BrN4OS. The Morgan fingerprint density at radius 3 is 2.89 bits per heavy atom. The van der Waals surface area contributed by atoms with Crippen LogP contribution in [0, 0.1) is 0 Å². The molecule has 0 atom stereocenters. The molecule has 1 aliphatic rings. The number of aromatic nitrogens is 1. The van der Waals surface area contributed by atoms with Crippen molar-refractivity contribution in [2.75, 3.05) is 31.1 Å². The predicted molar refractivity (Wildman–Crippen MR) is 83.8 cm³/mol. The Balaban J connectivity index is 1.91. The number of guanidine groups is 1. The molecule has 1 aromatic rings. The average molecular weight is 345 g/mol. The van der Waals surface area contributed by atoms with E-state index in [0.717, 1.165) is 29.1 Å². The fourth-order valence-corrected chi connectivity index (χ4v) is 3.12. The molecule has 0 spiro atoms. The Bertz CT molecular complexity index is 511. The lowest BCUT2D eigenvalue weighted by atomic mass is 10.4. The van der Waals surface area contributed by atoms with E-state index >= 15 is 0 Å². The van der Waals surface area contributed by atoms with E-state index in [1.54, 1.807) is 22.9 Å². The third-order valence-corrected chi connectivity index (χ3v) is 4.31. The van der Waals surface area contributed by atoms with Gasteiger partial charge in [0.1, 0.15) is 0 Å². The van der Waals surface area contributed by atoms with E-state index in [4.69, 9.17) is 5.73 Å². The van der Waals surface area contributed by atoms with Crippen LogP contribution in [0.25, 0.3) is 0 Å². The number of rotatable bonds is 3. The van der Waals surface area contributed by atoms with Crippen LogP contribution in [-0.2, 0) is 6.54 Å². The zero-order chi connectivity index (χ0) is 13.7. The van der Waals surface area contributed by atoms with Crippen molar-refractivity contribution < 1.29 is 0 Å². The molecule has 7 heteroatoms. The fourth-order valence-electron chi connectivity index (χ4n) is 1.84. The normalized spacial score (nSPS) is 16.7. The summed E-state index contributed by atoms with van der Waals surface area (Å²) in [6, 6.07) is 3.28. The Morgan fingerprint density at radius 1 is 1.42 bits per heavy atom. The summed E-state index contributed by atoms with van der Waals surface area (Å²) in [7, 11) is 0. The first-order valence-electron chi connectivity index (χ1n) is 6.15. The summed E-state index contributed by atoms with van der Waals surface area (Å²) in [6.07, 6.45) is 1.77. The number of nitrogens with two attached hydrogens (primary N) is 1. The number of halogens is 1. The fraction of sp³-hybridized carbons (Fsp3) is 0.500. The van der Waals surface area contributed by atoms with Crippen LogP contribution in [0.15, 0.2) is 32.6 Å². The number of hydrogen-bond donors (Lipinski definition) is 1. The van der Waals surface area contributed by atoms with Gasteiger partial charge in [-0.05, 0) is 22.0 Å². The lowest BCUT2D eigenvalue weighted by Gasteiger charge is -2.27. The quantitative estimate of drug-likeness (QED) is 0.655. The molecule has 0 bridgehead atoms. The van der Waals surface area contributed by atoms with E-state index in [9.17, 15) is 4.79 Å². The first-order valence-corrected chi connectivity index (χ1v) is 8.10. The summed E-state index contributed by atoms with van der Waals surface area (Å²) in [5, 5.41) is 0. The zero-order valence-electron chi connectivity index (χ0n) is 10.6. The lowest BCUT2D eigenvalue weighted by molar-refractivity contribution is 0.455. The molecule has 19 heavy (non-hydrogen) atoms. The van der Waals surface area contributed by atoms with Gasteiger partial charge in [0.05, 0.1) is 6.54 Å². The molecule has 2 rings (SSSR count).